The molecule has 1 aromatic heterocycles. The SMILES string of the molecule is NNc1ccncc1C(=O)NC1CCOC1. The molecule has 16 heavy (non-hydrogen) atoms. The Kier molecular flexibility index (Phi) is 3.33. The van der Waals surface area contributed by atoms with Gasteiger partial charge in [-0.25, -0.2) is 0 Å². The highest BCUT2D eigenvalue weighted by atomic mass is 16.5. The number of nitrogens with one attached hydrogen (secondary N) is 2. The molecular formula is C10H14N4O2. The zero-order valence-electron chi connectivity index (χ0n) is 8.77. The van der Waals surface area contributed by atoms with Crippen LogP contribution in [-0.2, 0) is 4.74 Å². The summed E-state index contributed by atoms with van der Waals surface area (Å²) in [5.74, 6) is 5.13. The van der Waals surface area contributed by atoms with E-state index in [1.165, 1.54) is 6.20 Å². The molecule has 6 nitrogen and oxygen atoms in total. The van der Waals surface area contributed by atoms with Gasteiger partial charge in [-0.05, 0) is 12.5 Å². The summed E-state index contributed by atoms with van der Waals surface area (Å²) in [6.07, 6.45) is 3.91. The molecule has 2 rings (SSSR count). The van der Waals surface area contributed by atoms with Crippen molar-refractivity contribution < 1.29 is 9.53 Å². The van der Waals surface area contributed by atoms with Gasteiger partial charge in [-0.15, -0.1) is 0 Å². The van der Waals surface area contributed by atoms with E-state index in [2.05, 4.69) is 15.7 Å². The summed E-state index contributed by atoms with van der Waals surface area (Å²) in [5, 5.41) is 2.87. The van der Waals surface area contributed by atoms with Gasteiger partial charge in [-0.2, -0.15) is 0 Å². The van der Waals surface area contributed by atoms with Crippen LogP contribution in [0.15, 0.2) is 18.5 Å². The van der Waals surface area contributed by atoms with Crippen LogP contribution in [-0.4, -0.2) is 30.1 Å². The lowest BCUT2D eigenvalue weighted by Crippen LogP contribution is -2.35. The number of ether oxygens (including phenoxy) is 1. The Bertz CT molecular complexity index is 377. The number of carbonyl (C=O) groups excluding carboxylic acids is 1. The summed E-state index contributed by atoms with van der Waals surface area (Å²) in [6, 6.07) is 1.73. The maximum Gasteiger partial charge on any atom is 0.255 e. The standard InChI is InChI=1S/C10H14N4O2/c11-14-9-1-3-12-5-8(9)10(15)13-7-2-4-16-6-7/h1,3,5,7H,2,4,6,11H2,(H,12,14)(H,13,15). The molecule has 0 aromatic carbocycles. The molecule has 1 atom stereocenters. The molecule has 2 heterocycles. The van der Waals surface area contributed by atoms with Crippen molar-refractivity contribution in [1.29, 1.82) is 0 Å². The van der Waals surface area contributed by atoms with Gasteiger partial charge >= 0.3 is 0 Å². The van der Waals surface area contributed by atoms with E-state index in [0.717, 1.165) is 6.42 Å². The van der Waals surface area contributed by atoms with Gasteiger partial charge in [0, 0.05) is 19.0 Å². The average Bonchev–Trinajstić information content (AvgIpc) is 2.81. The molecule has 1 aliphatic heterocycles. The van der Waals surface area contributed by atoms with E-state index in [0.29, 0.717) is 24.5 Å². The highest BCUT2D eigenvalue weighted by Crippen LogP contribution is 2.13. The largest absolute Gasteiger partial charge is 0.379 e. The normalized spacial score (nSPS) is 19.4. The van der Waals surface area contributed by atoms with Gasteiger partial charge < -0.3 is 15.5 Å². The van der Waals surface area contributed by atoms with Gasteiger partial charge in [0.1, 0.15) is 0 Å². The van der Waals surface area contributed by atoms with Crippen molar-refractivity contribution in [2.24, 2.45) is 5.84 Å². The van der Waals surface area contributed by atoms with Crippen LogP contribution in [0, 0.1) is 0 Å². The van der Waals surface area contributed by atoms with Crippen molar-refractivity contribution in [2.75, 3.05) is 18.6 Å². The zero-order chi connectivity index (χ0) is 11.4. The molecule has 1 aromatic rings. The predicted octanol–water partition coefficient (Wildman–Crippen LogP) is -0.114. The molecule has 6 heteroatoms. The summed E-state index contributed by atoms with van der Waals surface area (Å²) in [4.78, 5) is 15.8. The third-order valence-corrected chi connectivity index (χ3v) is 2.49. The molecule has 86 valence electrons. The van der Waals surface area contributed by atoms with Crippen LogP contribution in [0.2, 0.25) is 0 Å². The van der Waals surface area contributed by atoms with E-state index in [-0.39, 0.29) is 11.9 Å². The Morgan fingerprint density at radius 3 is 3.19 bits per heavy atom. The fourth-order valence-corrected chi connectivity index (χ4v) is 1.61. The first-order valence-electron chi connectivity index (χ1n) is 5.10. The second-order valence-corrected chi connectivity index (χ2v) is 3.60. The lowest BCUT2D eigenvalue weighted by atomic mass is 10.2. The van der Waals surface area contributed by atoms with Crippen molar-refractivity contribution in [3.63, 3.8) is 0 Å². The summed E-state index contributed by atoms with van der Waals surface area (Å²) in [6.45, 7) is 1.26. The number of aromatic nitrogens is 1. The molecule has 0 aliphatic carbocycles. The van der Waals surface area contributed by atoms with Gasteiger partial charge in [0.05, 0.1) is 23.9 Å². The molecule has 0 radical (unpaired) electrons. The van der Waals surface area contributed by atoms with Gasteiger partial charge in [-0.3, -0.25) is 15.6 Å². The van der Waals surface area contributed by atoms with Gasteiger partial charge in [0.25, 0.3) is 5.91 Å². The minimum absolute atomic E-state index is 0.0818. The number of pyridine rings is 1. The van der Waals surface area contributed by atoms with Crippen LogP contribution >= 0.6 is 0 Å². The molecule has 1 saturated heterocycles. The minimum Gasteiger partial charge on any atom is -0.379 e. The molecule has 1 fully saturated rings. The first-order valence-corrected chi connectivity index (χ1v) is 5.10. The monoisotopic (exact) mass is 222 g/mol. The van der Waals surface area contributed by atoms with Crippen LogP contribution in [0.1, 0.15) is 16.8 Å². The number of hydrogen-bond donors (Lipinski definition) is 3. The van der Waals surface area contributed by atoms with E-state index in [1.807, 2.05) is 0 Å². The van der Waals surface area contributed by atoms with Crippen molar-refractivity contribution in [3.05, 3.63) is 24.0 Å². The van der Waals surface area contributed by atoms with E-state index in [1.54, 1.807) is 12.3 Å². The lowest BCUT2D eigenvalue weighted by Gasteiger charge is -2.12. The van der Waals surface area contributed by atoms with E-state index < -0.39 is 0 Å². The number of hydrazine groups is 1. The minimum atomic E-state index is -0.184. The van der Waals surface area contributed by atoms with Crippen LogP contribution in [0.5, 0.6) is 0 Å². The van der Waals surface area contributed by atoms with Crippen LogP contribution in [0.3, 0.4) is 0 Å². The van der Waals surface area contributed by atoms with E-state index >= 15 is 0 Å². The van der Waals surface area contributed by atoms with Crippen LogP contribution < -0.4 is 16.6 Å². The Hall–Kier alpha value is -1.66. The number of hydrogen-bond acceptors (Lipinski definition) is 5. The zero-order valence-corrected chi connectivity index (χ0v) is 8.77. The first-order chi connectivity index (χ1) is 7.81. The second-order valence-electron chi connectivity index (χ2n) is 3.60. The lowest BCUT2D eigenvalue weighted by molar-refractivity contribution is 0.0930. The Balaban J connectivity index is 2.07. The highest BCUT2D eigenvalue weighted by Gasteiger charge is 2.19. The molecule has 0 saturated carbocycles. The average molecular weight is 222 g/mol. The quantitative estimate of drug-likeness (QED) is 0.490. The molecule has 1 aliphatic rings. The molecule has 1 unspecified atom stereocenters. The molecule has 0 bridgehead atoms. The van der Waals surface area contributed by atoms with Gasteiger partial charge in [0.15, 0.2) is 0 Å². The van der Waals surface area contributed by atoms with E-state index in [9.17, 15) is 4.79 Å². The smallest absolute Gasteiger partial charge is 0.255 e. The third kappa shape index (κ3) is 2.29. The predicted molar refractivity (Wildman–Crippen MR) is 58.7 cm³/mol. The highest BCUT2D eigenvalue weighted by molar-refractivity contribution is 5.99. The third-order valence-electron chi connectivity index (χ3n) is 2.49. The fraction of sp³-hybridized carbons (Fsp3) is 0.400. The first kappa shape index (κ1) is 10.8. The van der Waals surface area contributed by atoms with Gasteiger partial charge in [-0.1, -0.05) is 0 Å². The molecule has 0 spiro atoms. The number of nitrogens with two attached hydrogens (primary N) is 1. The number of amides is 1. The maximum absolute atomic E-state index is 11.9. The van der Waals surface area contributed by atoms with Crippen molar-refractivity contribution in [3.8, 4) is 0 Å². The summed E-state index contributed by atoms with van der Waals surface area (Å²) < 4.78 is 5.18. The number of rotatable bonds is 3. The van der Waals surface area contributed by atoms with Crippen LogP contribution in [0.25, 0.3) is 0 Å². The Morgan fingerprint density at radius 1 is 1.62 bits per heavy atom. The summed E-state index contributed by atoms with van der Waals surface area (Å²) in [7, 11) is 0. The van der Waals surface area contributed by atoms with Crippen molar-refractivity contribution in [2.45, 2.75) is 12.5 Å². The topological polar surface area (TPSA) is 89.3 Å². The fourth-order valence-electron chi connectivity index (χ4n) is 1.61. The molecule has 1 amide bonds. The number of anilines is 1. The summed E-state index contributed by atoms with van der Waals surface area (Å²) in [5.41, 5.74) is 3.47. The number of nitrogen functional groups attached to an aromatic ring is 1. The van der Waals surface area contributed by atoms with Crippen LogP contribution in [0.4, 0.5) is 5.69 Å². The Morgan fingerprint density at radius 2 is 2.50 bits per heavy atom. The van der Waals surface area contributed by atoms with Crippen molar-refractivity contribution >= 4 is 11.6 Å². The number of nitrogens with zero attached hydrogens (tertiary/aromatic N) is 1. The maximum atomic E-state index is 11.9. The number of carbonyl (C=O) groups is 1. The van der Waals surface area contributed by atoms with Crippen molar-refractivity contribution in [1.82, 2.24) is 10.3 Å². The molecular weight excluding hydrogens is 208 g/mol. The molecule has 4 N–H and O–H groups in total. The van der Waals surface area contributed by atoms with Gasteiger partial charge in [0.2, 0.25) is 0 Å². The van der Waals surface area contributed by atoms with E-state index in [4.69, 9.17) is 10.6 Å². The summed E-state index contributed by atoms with van der Waals surface area (Å²) >= 11 is 0. The second kappa shape index (κ2) is 4.91. The Labute approximate surface area is 93.2 Å².